The largest absolute Gasteiger partial charge is 0.311 e. The van der Waals surface area contributed by atoms with Gasteiger partial charge in [-0.1, -0.05) is 11.6 Å². The van der Waals surface area contributed by atoms with Gasteiger partial charge in [0.15, 0.2) is 3.70 Å². The van der Waals surface area contributed by atoms with Gasteiger partial charge in [0, 0.05) is 6.20 Å². The number of aromatic nitrogens is 1. The summed E-state index contributed by atoms with van der Waals surface area (Å²) in [7, 11) is 0. The van der Waals surface area contributed by atoms with Crippen LogP contribution in [0.15, 0.2) is 6.20 Å². The highest BCUT2D eigenvalue weighted by Crippen LogP contribution is 2.36. The number of nitro groups is 1. The van der Waals surface area contributed by atoms with Crippen molar-refractivity contribution in [1.82, 2.24) is 4.98 Å². The zero-order valence-electron chi connectivity index (χ0n) is 6.38. The molecule has 0 saturated heterocycles. The summed E-state index contributed by atoms with van der Waals surface area (Å²) in [5.41, 5.74) is -1.51. The monoisotopic (exact) mass is 334 g/mol. The summed E-state index contributed by atoms with van der Waals surface area (Å²) >= 11 is 6.90. The highest BCUT2D eigenvalue weighted by Gasteiger charge is 2.28. The van der Waals surface area contributed by atoms with Crippen molar-refractivity contribution >= 4 is 39.9 Å². The zero-order chi connectivity index (χ0) is 10.9. The number of pyridine rings is 1. The van der Waals surface area contributed by atoms with Crippen LogP contribution in [0, 0.1) is 13.8 Å². The van der Waals surface area contributed by atoms with E-state index in [2.05, 4.69) is 4.98 Å². The third-order valence-electron chi connectivity index (χ3n) is 1.40. The fourth-order valence-electron chi connectivity index (χ4n) is 0.850. The van der Waals surface area contributed by atoms with Crippen molar-refractivity contribution in [1.29, 1.82) is 0 Å². The first-order valence-corrected chi connectivity index (χ1v) is 4.67. The maximum absolute atomic E-state index is 12.4. The molecule has 0 bridgehead atoms. The lowest BCUT2D eigenvalue weighted by Gasteiger charge is -2.04. The van der Waals surface area contributed by atoms with Gasteiger partial charge in [0.25, 0.3) is 6.43 Å². The van der Waals surface area contributed by atoms with Gasteiger partial charge >= 0.3 is 5.69 Å². The van der Waals surface area contributed by atoms with Gasteiger partial charge < -0.3 is 0 Å². The predicted molar refractivity (Wildman–Crippen MR) is 53.6 cm³/mol. The minimum Gasteiger partial charge on any atom is -0.258 e. The van der Waals surface area contributed by atoms with Gasteiger partial charge in [-0.25, -0.2) is 13.8 Å². The molecule has 1 heterocycles. The molecule has 1 rings (SSSR count). The fourth-order valence-corrected chi connectivity index (χ4v) is 1.70. The molecule has 1 aromatic heterocycles. The molecule has 0 fully saturated rings. The van der Waals surface area contributed by atoms with E-state index < -0.39 is 27.6 Å². The SMILES string of the molecule is O=[N+]([O-])c1c(I)ncc(Cl)c1C(F)F. The number of rotatable bonds is 2. The molecular formula is C6H2ClF2IN2O2. The van der Waals surface area contributed by atoms with E-state index in [-0.39, 0.29) is 3.70 Å². The molecule has 0 saturated carbocycles. The molecule has 14 heavy (non-hydrogen) atoms. The van der Waals surface area contributed by atoms with Gasteiger partial charge in [0.2, 0.25) is 0 Å². The van der Waals surface area contributed by atoms with E-state index >= 15 is 0 Å². The van der Waals surface area contributed by atoms with Crippen molar-refractivity contribution in [3.63, 3.8) is 0 Å². The van der Waals surface area contributed by atoms with Gasteiger partial charge in [0.1, 0.15) is 5.56 Å². The summed E-state index contributed by atoms with van der Waals surface area (Å²) in [5.74, 6) is 0. The van der Waals surface area contributed by atoms with Crippen LogP contribution in [0.1, 0.15) is 12.0 Å². The third kappa shape index (κ3) is 2.08. The Morgan fingerprint density at radius 3 is 2.57 bits per heavy atom. The summed E-state index contributed by atoms with van der Waals surface area (Å²) < 4.78 is 24.7. The maximum Gasteiger partial charge on any atom is 0.311 e. The molecule has 0 radical (unpaired) electrons. The number of hydrogen-bond donors (Lipinski definition) is 0. The first-order valence-electron chi connectivity index (χ1n) is 3.21. The summed E-state index contributed by atoms with van der Waals surface area (Å²) in [5, 5.41) is 10.1. The topological polar surface area (TPSA) is 56.0 Å². The Morgan fingerprint density at radius 2 is 2.21 bits per heavy atom. The Kier molecular flexibility index (Phi) is 3.53. The predicted octanol–water partition coefficient (Wildman–Crippen LogP) is 3.19. The number of nitrogens with zero attached hydrogens (tertiary/aromatic N) is 2. The molecule has 0 spiro atoms. The van der Waals surface area contributed by atoms with Crippen molar-refractivity contribution in [2.24, 2.45) is 0 Å². The van der Waals surface area contributed by atoms with Crippen molar-refractivity contribution in [3.05, 3.63) is 30.6 Å². The molecule has 0 unspecified atom stereocenters. The van der Waals surface area contributed by atoms with Gasteiger partial charge in [-0.3, -0.25) is 10.1 Å². The molecule has 1 aromatic rings. The third-order valence-corrected chi connectivity index (χ3v) is 2.49. The van der Waals surface area contributed by atoms with Crippen molar-refractivity contribution < 1.29 is 13.7 Å². The second kappa shape index (κ2) is 4.30. The average Bonchev–Trinajstić information content (AvgIpc) is 2.07. The van der Waals surface area contributed by atoms with E-state index in [1.807, 2.05) is 0 Å². The summed E-state index contributed by atoms with van der Waals surface area (Å²) in [4.78, 5) is 13.1. The van der Waals surface area contributed by atoms with Gasteiger partial charge in [-0.15, -0.1) is 0 Å². The van der Waals surface area contributed by atoms with E-state index in [0.29, 0.717) is 0 Å². The summed E-state index contributed by atoms with van der Waals surface area (Å²) in [6.45, 7) is 0. The van der Waals surface area contributed by atoms with Crippen LogP contribution in [0.5, 0.6) is 0 Å². The van der Waals surface area contributed by atoms with Crippen LogP contribution in [0.4, 0.5) is 14.5 Å². The minimum atomic E-state index is -2.99. The Labute approximate surface area is 95.6 Å². The Hall–Kier alpha value is -0.570. The first-order chi connectivity index (χ1) is 6.45. The van der Waals surface area contributed by atoms with E-state index in [4.69, 9.17) is 11.6 Å². The zero-order valence-corrected chi connectivity index (χ0v) is 9.29. The molecule has 0 amide bonds. The highest BCUT2D eigenvalue weighted by molar-refractivity contribution is 14.1. The fraction of sp³-hybridized carbons (Fsp3) is 0.167. The molecule has 0 atom stereocenters. The second-order valence-corrected chi connectivity index (χ2v) is 3.65. The smallest absolute Gasteiger partial charge is 0.258 e. The van der Waals surface area contributed by atoms with Crippen LogP contribution in [-0.4, -0.2) is 9.91 Å². The van der Waals surface area contributed by atoms with Crippen LogP contribution < -0.4 is 0 Å². The molecule has 0 aliphatic heterocycles. The lowest BCUT2D eigenvalue weighted by molar-refractivity contribution is -0.387. The molecular weight excluding hydrogens is 332 g/mol. The Morgan fingerprint density at radius 1 is 1.64 bits per heavy atom. The van der Waals surface area contributed by atoms with Crippen LogP contribution in [0.25, 0.3) is 0 Å². The van der Waals surface area contributed by atoms with E-state index in [9.17, 15) is 18.9 Å². The standard InChI is InChI=1S/C6H2ClF2IN2O2/c7-2-1-11-6(10)4(12(13)14)3(2)5(8)9/h1,5H. The molecule has 0 aliphatic carbocycles. The number of hydrogen-bond acceptors (Lipinski definition) is 3. The van der Waals surface area contributed by atoms with Crippen molar-refractivity contribution in [3.8, 4) is 0 Å². The highest BCUT2D eigenvalue weighted by atomic mass is 127. The van der Waals surface area contributed by atoms with Crippen LogP contribution >= 0.6 is 34.2 Å². The molecule has 4 nitrogen and oxygen atoms in total. The molecule has 0 aliphatic rings. The lowest BCUT2D eigenvalue weighted by atomic mass is 10.2. The average molecular weight is 334 g/mol. The Bertz CT molecular complexity index is 388. The van der Waals surface area contributed by atoms with Crippen LogP contribution in [0.2, 0.25) is 5.02 Å². The Balaban J connectivity index is 3.50. The minimum absolute atomic E-state index is 0.104. The normalized spacial score (nSPS) is 10.6. The van der Waals surface area contributed by atoms with Gasteiger partial charge in [-0.05, 0) is 22.6 Å². The summed E-state index contributed by atoms with van der Waals surface area (Å²) in [6, 6.07) is 0. The van der Waals surface area contributed by atoms with Crippen LogP contribution in [-0.2, 0) is 0 Å². The maximum atomic E-state index is 12.4. The second-order valence-electron chi connectivity index (χ2n) is 2.22. The molecule has 0 aromatic carbocycles. The van der Waals surface area contributed by atoms with Crippen molar-refractivity contribution in [2.45, 2.75) is 6.43 Å². The quantitative estimate of drug-likeness (QED) is 0.361. The van der Waals surface area contributed by atoms with Crippen LogP contribution in [0.3, 0.4) is 0 Å². The molecule has 76 valence electrons. The van der Waals surface area contributed by atoms with E-state index in [1.54, 1.807) is 0 Å². The number of halogens is 4. The summed E-state index contributed by atoms with van der Waals surface area (Å²) in [6.07, 6.45) is -2.02. The molecule has 8 heteroatoms. The lowest BCUT2D eigenvalue weighted by Crippen LogP contribution is -2.01. The van der Waals surface area contributed by atoms with E-state index in [0.717, 1.165) is 6.20 Å². The number of alkyl halides is 2. The van der Waals surface area contributed by atoms with Gasteiger partial charge in [-0.2, -0.15) is 0 Å². The van der Waals surface area contributed by atoms with E-state index in [1.165, 1.54) is 22.6 Å². The molecule has 0 N–H and O–H groups in total. The van der Waals surface area contributed by atoms with Crippen molar-refractivity contribution in [2.75, 3.05) is 0 Å². The first kappa shape index (κ1) is 11.5. The van der Waals surface area contributed by atoms with Gasteiger partial charge in [0.05, 0.1) is 9.95 Å².